The number of fused-ring (bicyclic) bond motifs is 8. The zero-order valence-electron chi connectivity index (χ0n) is 50.6. The van der Waals surface area contributed by atoms with Crippen LogP contribution in [0.1, 0.15) is 151 Å². The lowest BCUT2D eigenvalue weighted by Crippen LogP contribution is -2.30. The van der Waals surface area contributed by atoms with Crippen LogP contribution in [0.5, 0.6) is 0 Å². The summed E-state index contributed by atoms with van der Waals surface area (Å²) in [6.07, 6.45) is 17.9. The standard InChI is InChI=1S/C82H82N2/c1-7-9-11-13-15-24-48-82(49-25-16-14-12-10-8-2)74-54-63(61-38-36-60(37-39-61)59-34-32-57(3)33-35-59)40-44-69(74)70-45-41-65(55-75(70)82)66-50-58(4)51-68(52-66)84-77-30-22-20-28-71(77)72-53-62(42-46-78(72)84)64-43-47-80-76(56-64)81(5,6)73-29-21-23-31-79(73)83(80)67-26-18-17-19-27-67/h17-23,26-47,50-56H,7-16,24-25,48-49H2,1-6H3. The van der Waals surface area contributed by atoms with Crippen molar-refractivity contribution in [3.8, 4) is 61.3 Å². The summed E-state index contributed by atoms with van der Waals surface area (Å²) < 4.78 is 2.52. The summed E-state index contributed by atoms with van der Waals surface area (Å²) in [5.41, 5.74) is 28.4. The normalized spacial score (nSPS) is 13.7. The summed E-state index contributed by atoms with van der Waals surface area (Å²) in [5, 5.41) is 2.54. The van der Waals surface area contributed by atoms with Gasteiger partial charge in [0.2, 0.25) is 0 Å². The average molecular weight is 1100 g/mol. The molecule has 0 spiro atoms. The molecule has 0 saturated heterocycles. The molecule has 13 rings (SSSR count). The van der Waals surface area contributed by atoms with Crippen molar-refractivity contribution in [1.29, 1.82) is 0 Å². The minimum Gasteiger partial charge on any atom is -0.310 e. The molecule has 2 heterocycles. The fourth-order valence-corrected chi connectivity index (χ4v) is 14.8. The Morgan fingerprint density at radius 1 is 0.321 bits per heavy atom. The van der Waals surface area contributed by atoms with Gasteiger partial charge in [-0.05, 0) is 183 Å². The third-order valence-corrected chi connectivity index (χ3v) is 19.3. The van der Waals surface area contributed by atoms with Gasteiger partial charge in [0.05, 0.1) is 22.4 Å². The number of anilines is 3. The second-order valence-electron chi connectivity index (χ2n) is 25.3. The molecule has 0 amide bonds. The van der Waals surface area contributed by atoms with E-state index in [4.69, 9.17) is 0 Å². The van der Waals surface area contributed by atoms with Gasteiger partial charge in [-0.25, -0.2) is 0 Å². The summed E-state index contributed by atoms with van der Waals surface area (Å²) in [5.74, 6) is 0. The predicted molar refractivity (Wildman–Crippen MR) is 361 cm³/mol. The zero-order chi connectivity index (χ0) is 57.4. The van der Waals surface area contributed by atoms with Crippen molar-refractivity contribution in [3.63, 3.8) is 0 Å². The van der Waals surface area contributed by atoms with Crippen LogP contribution in [0.2, 0.25) is 0 Å². The Hall–Kier alpha value is -8.20. The van der Waals surface area contributed by atoms with Crippen molar-refractivity contribution >= 4 is 38.9 Å². The van der Waals surface area contributed by atoms with Crippen LogP contribution in [-0.4, -0.2) is 4.57 Å². The Bertz CT molecular complexity index is 4140. The molecule has 10 aromatic carbocycles. The molecule has 84 heavy (non-hydrogen) atoms. The Balaban J connectivity index is 0.886. The SMILES string of the molecule is CCCCCCCCC1(CCCCCCCC)c2cc(-c3ccc(-c4ccc(C)cc4)cc3)ccc2-c2ccc(-c3cc(C)cc(-n4c5ccccc5c5cc(-c6ccc7c(c6)C(C)(C)c6ccccc6N7c6ccccc6)ccc54)c3)cc21. The first-order valence-electron chi connectivity index (χ1n) is 31.9. The van der Waals surface area contributed by atoms with Crippen LogP contribution in [0, 0.1) is 13.8 Å². The molecule has 0 N–H and O–H groups in total. The van der Waals surface area contributed by atoms with Crippen molar-refractivity contribution in [2.24, 2.45) is 0 Å². The Morgan fingerprint density at radius 2 is 0.810 bits per heavy atom. The van der Waals surface area contributed by atoms with E-state index >= 15 is 0 Å². The lowest BCUT2D eigenvalue weighted by Gasteiger charge is -2.42. The molecule has 1 aliphatic carbocycles. The summed E-state index contributed by atoms with van der Waals surface area (Å²) in [6, 6.07) is 83.7. The van der Waals surface area contributed by atoms with Crippen LogP contribution >= 0.6 is 0 Å². The van der Waals surface area contributed by atoms with E-state index in [0.29, 0.717) is 0 Å². The molecular weight excluding hydrogens is 1010 g/mol. The zero-order valence-corrected chi connectivity index (χ0v) is 50.6. The molecule has 2 nitrogen and oxygen atoms in total. The van der Waals surface area contributed by atoms with Crippen molar-refractivity contribution in [2.45, 2.75) is 142 Å². The second kappa shape index (κ2) is 23.5. The maximum atomic E-state index is 2.65. The largest absolute Gasteiger partial charge is 0.310 e. The van der Waals surface area contributed by atoms with Gasteiger partial charge < -0.3 is 9.47 Å². The number of aromatic nitrogens is 1. The van der Waals surface area contributed by atoms with E-state index in [-0.39, 0.29) is 10.8 Å². The number of hydrogen-bond acceptors (Lipinski definition) is 1. The third kappa shape index (κ3) is 10.2. The topological polar surface area (TPSA) is 8.17 Å². The highest BCUT2D eigenvalue weighted by Crippen LogP contribution is 2.57. The third-order valence-electron chi connectivity index (χ3n) is 19.3. The Morgan fingerprint density at radius 3 is 1.49 bits per heavy atom. The minimum atomic E-state index is -0.193. The summed E-state index contributed by atoms with van der Waals surface area (Å²) >= 11 is 0. The van der Waals surface area contributed by atoms with Gasteiger partial charge in [0.25, 0.3) is 0 Å². The van der Waals surface area contributed by atoms with E-state index in [0.717, 1.165) is 0 Å². The molecule has 0 unspecified atom stereocenters. The van der Waals surface area contributed by atoms with Crippen LogP contribution in [-0.2, 0) is 10.8 Å². The van der Waals surface area contributed by atoms with Crippen LogP contribution in [0.15, 0.2) is 218 Å². The van der Waals surface area contributed by atoms with E-state index in [1.54, 1.807) is 11.1 Å². The summed E-state index contributed by atoms with van der Waals surface area (Å²) in [6.45, 7) is 13.9. The van der Waals surface area contributed by atoms with Gasteiger partial charge in [-0.15, -0.1) is 0 Å². The first-order chi connectivity index (χ1) is 41.1. The van der Waals surface area contributed by atoms with Gasteiger partial charge in [-0.2, -0.15) is 0 Å². The second-order valence-corrected chi connectivity index (χ2v) is 25.3. The van der Waals surface area contributed by atoms with Gasteiger partial charge in [0.15, 0.2) is 0 Å². The van der Waals surface area contributed by atoms with Crippen LogP contribution in [0.25, 0.3) is 83.1 Å². The fraction of sp³-hybridized carbons (Fsp3) is 0.268. The number of nitrogens with zero attached hydrogens (tertiary/aromatic N) is 2. The average Bonchev–Trinajstić information content (AvgIpc) is 1.66. The van der Waals surface area contributed by atoms with Crippen molar-refractivity contribution in [3.05, 3.63) is 252 Å². The molecule has 2 heteroatoms. The maximum absolute atomic E-state index is 2.65. The predicted octanol–water partition coefficient (Wildman–Crippen LogP) is 23.9. The number of para-hydroxylation sites is 3. The van der Waals surface area contributed by atoms with E-state index < -0.39 is 0 Å². The summed E-state index contributed by atoms with van der Waals surface area (Å²) in [4.78, 5) is 2.45. The van der Waals surface area contributed by atoms with E-state index in [1.165, 1.54) is 212 Å². The van der Waals surface area contributed by atoms with Gasteiger partial charge in [-0.1, -0.05) is 256 Å². The Kier molecular flexibility index (Phi) is 15.4. The quantitative estimate of drug-likeness (QED) is 0.0691. The summed E-state index contributed by atoms with van der Waals surface area (Å²) in [7, 11) is 0. The molecule has 1 aromatic heterocycles. The molecule has 420 valence electrons. The number of benzene rings is 10. The number of hydrogen-bond donors (Lipinski definition) is 0. The molecule has 0 atom stereocenters. The van der Waals surface area contributed by atoms with Gasteiger partial charge in [-0.3, -0.25) is 0 Å². The highest BCUT2D eigenvalue weighted by molar-refractivity contribution is 6.10. The molecule has 0 fully saturated rings. The molecule has 2 aliphatic rings. The molecule has 1 aliphatic heterocycles. The van der Waals surface area contributed by atoms with Gasteiger partial charge >= 0.3 is 0 Å². The first kappa shape index (κ1) is 55.0. The number of rotatable bonds is 20. The fourth-order valence-electron chi connectivity index (χ4n) is 14.8. The van der Waals surface area contributed by atoms with Crippen molar-refractivity contribution in [1.82, 2.24) is 4.57 Å². The minimum absolute atomic E-state index is 0.0647. The molecular formula is C82H82N2. The highest BCUT2D eigenvalue weighted by atomic mass is 15.2. The molecule has 11 aromatic rings. The van der Waals surface area contributed by atoms with Crippen LogP contribution in [0.4, 0.5) is 17.1 Å². The Labute approximate surface area is 500 Å². The molecule has 0 bridgehead atoms. The lowest BCUT2D eigenvalue weighted by molar-refractivity contribution is 0.398. The lowest BCUT2D eigenvalue weighted by atomic mass is 9.70. The first-order valence-corrected chi connectivity index (χ1v) is 31.9. The maximum Gasteiger partial charge on any atom is 0.0541 e. The monoisotopic (exact) mass is 1090 g/mol. The number of unbranched alkanes of at least 4 members (excludes halogenated alkanes) is 10. The van der Waals surface area contributed by atoms with Gasteiger partial charge in [0.1, 0.15) is 0 Å². The van der Waals surface area contributed by atoms with Crippen LogP contribution < -0.4 is 4.90 Å². The van der Waals surface area contributed by atoms with E-state index in [9.17, 15) is 0 Å². The molecule has 0 radical (unpaired) electrons. The van der Waals surface area contributed by atoms with Crippen LogP contribution in [0.3, 0.4) is 0 Å². The van der Waals surface area contributed by atoms with Crippen molar-refractivity contribution < 1.29 is 0 Å². The van der Waals surface area contributed by atoms with Gasteiger partial charge in [0, 0.05) is 33.0 Å². The highest BCUT2D eigenvalue weighted by Gasteiger charge is 2.43. The van der Waals surface area contributed by atoms with Crippen molar-refractivity contribution in [2.75, 3.05) is 4.90 Å². The van der Waals surface area contributed by atoms with E-state index in [2.05, 4.69) is 269 Å². The smallest absolute Gasteiger partial charge is 0.0541 e. The van der Waals surface area contributed by atoms with E-state index in [1.807, 2.05) is 0 Å². The molecule has 0 saturated carbocycles. The number of aryl methyl sites for hydroxylation is 2.